The number of aromatic nitrogens is 1. The van der Waals surface area contributed by atoms with Gasteiger partial charge in [0, 0.05) is 42.8 Å². The van der Waals surface area contributed by atoms with Crippen molar-refractivity contribution in [2.45, 2.75) is 68.6 Å². The molecule has 16 heteroatoms. The van der Waals surface area contributed by atoms with E-state index in [9.17, 15) is 18.3 Å². The normalized spacial score (nSPS) is 27.5. The summed E-state index contributed by atoms with van der Waals surface area (Å²) >= 11 is 0. The second kappa shape index (κ2) is 14.1. The summed E-state index contributed by atoms with van der Waals surface area (Å²) in [7, 11) is 31.4. The van der Waals surface area contributed by atoms with Crippen LogP contribution in [0.4, 0.5) is 13.2 Å². The molecular formula is C26H37B5F3N5O3. The van der Waals surface area contributed by atoms with Gasteiger partial charge in [0.05, 0.1) is 44.1 Å². The van der Waals surface area contributed by atoms with E-state index in [0.717, 1.165) is 37.6 Å². The van der Waals surface area contributed by atoms with Crippen molar-refractivity contribution in [1.29, 1.82) is 0 Å². The summed E-state index contributed by atoms with van der Waals surface area (Å²) in [6, 6.07) is 0.831. The quantitative estimate of drug-likeness (QED) is 0.232. The fraction of sp³-hybridized carbons (Fsp3) is 0.654. The highest BCUT2D eigenvalue weighted by atomic mass is 19.4. The topological polar surface area (TPSA) is 133 Å². The molecule has 0 amide bonds. The second-order valence-electron chi connectivity index (χ2n) is 10.8. The molecule has 7 N–H and O–H groups in total. The highest BCUT2D eigenvalue weighted by Gasteiger charge is 2.49. The van der Waals surface area contributed by atoms with Gasteiger partial charge in [-0.3, -0.25) is 4.98 Å². The number of likely N-dealkylation sites (tertiary alicyclic amines) is 1. The van der Waals surface area contributed by atoms with Gasteiger partial charge in [0.15, 0.2) is 13.6 Å². The molecule has 1 aromatic rings. The molecule has 2 saturated heterocycles. The fourth-order valence-electron chi connectivity index (χ4n) is 5.71. The Morgan fingerprint density at radius 3 is 2.17 bits per heavy atom. The Labute approximate surface area is 253 Å². The number of pyridine rings is 1. The molecule has 10 radical (unpaired) electrons. The molecule has 8 nitrogen and oxygen atoms in total. The molecule has 4 rings (SSSR count). The summed E-state index contributed by atoms with van der Waals surface area (Å²) in [5.74, 6) is 0.801. The highest BCUT2D eigenvalue weighted by molar-refractivity contribution is 6.41. The van der Waals surface area contributed by atoms with E-state index in [2.05, 4.69) is 9.88 Å². The molecule has 220 valence electrons. The van der Waals surface area contributed by atoms with Gasteiger partial charge in [-0.1, -0.05) is 25.6 Å². The molecule has 0 aromatic carbocycles. The molecule has 2 aliphatic heterocycles. The van der Waals surface area contributed by atoms with E-state index in [-0.39, 0.29) is 41.6 Å². The molecule has 3 fully saturated rings. The van der Waals surface area contributed by atoms with Crippen LogP contribution in [-0.2, 0) is 15.7 Å². The van der Waals surface area contributed by atoms with Crippen molar-refractivity contribution in [1.82, 2.24) is 9.88 Å². The summed E-state index contributed by atoms with van der Waals surface area (Å²) in [5.41, 5.74) is 12.9. The standard InChI is InChI=1S/C13H18B5NO2.C11H13F3N4O.C2H6/c14-11(15)4-10(5-12(16,20)21-11)13(17,18)19-6-8-2-1-3-9(8)7-19;1-19-9(10(16)17)4-8(15)6-5-18-3-2-7(6)11(12,13)14;1-2/h8-10,20H,1-7H2;2-5H,15-17H2,1H3;1-2H3/b;8-4-;. The van der Waals surface area contributed by atoms with E-state index in [0.29, 0.717) is 11.8 Å². The molecule has 1 aliphatic carbocycles. The van der Waals surface area contributed by atoms with Gasteiger partial charge in [-0.05, 0) is 54.9 Å². The fourth-order valence-corrected chi connectivity index (χ4v) is 5.71. The van der Waals surface area contributed by atoms with Gasteiger partial charge >= 0.3 is 6.18 Å². The van der Waals surface area contributed by atoms with E-state index in [1.165, 1.54) is 26.4 Å². The molecule has 3 aliphatic rings. The summed E-state index contributed by atoms with van der Waals surface area (Å²) < 4.78 is 48.2. The molecule has 0 bridgehead atoms. The first kappa shape index (κ1) is 36.0. The summed E-state index contributed by atoms with van der Waals surface area (Å²) in [5, 5.41) is 7.40. The van der Waals surface area contributed by atoms with E-state index in [1.807, 2.05) is 13.8 Å². The minimum atomic E-state index is -4.54. The van der Waals surface area contributed by atoms with Gasteiger partial charge in [0.25, 0.3) is 0 Å². The number of nitrogens with zero attached hydrogens (tertiary/aromatic N) is 2. The largest absolute Gasteiger partial charge is 0.493 e. The molecule has 1 aromatic heterocycles. The van der Waals surface area contributed by atoms with Crippen LogP contribution in [0.1, 0.15) is 57.1 Å². The van der Waals surface area contributed by atoms with Crippen molar-refractivity contribution in [2.24, 2.45) is 35.0 Å². The number of hydrogen-bond donors (Lipinski definition) is 4. The van der Waals surface area contributed by atoms with Crippen LogP contribution in [-0.4, -0.2) is 90.8 Å². The van der Waals surface area contributed by atoms with E-state index in [4.69, 9.17) is 65.9 Å². The van der Waals surface area contributed by atoms with Gasteiger partial charge in [-0.15, -0.1) is 0 Å². The van der Waals surface area contributed by atoms with Crippen LogP contribution in [0.5, 0.6) is 0 Å². The van der Waals surface area contributed by atoms with Crippen molar-refractivity contribution in [3.05, 3.63) is 47.2 Å². The number of halogens is 3. The first-order valence-electron chi connectivity index (χ1n) is 13.8. The van der Waals surface area contributed by atoms with Gasteiger partial charge < -0.3 is 36.7 Å². The maximum atomic E-state index is 12.8. The van der Waals surface area contributed by atoms with Crippen LogP contribution in [0, 0.1) is 17.8 Å². The molecule has 42 heavy (non-hydrogen) atoms. The Kier molecular flexibility index (Phi) is 12.1. The van der Waals surface area contributed by atoms with E-state index >= 15 is 0 Å². The molecule has 4 atom stereocenters. The number of allylic oxidation sites excluding steroid dienone is 1. The number of fused-ring (bicyclic) bond motifs is 1. The Hall–Kier alpha value is -2.18. The predicted octanol–water partition coefficient (Wildman–Crippen LogP) is 1.10. The highest BCUT2D eigenvalue weighted by Crippen LogP contribution is 2.44. The first-order valence-corrected chi connectivity index (χ1v) is 13.8. The average Bonchev–Trinajstić information content (AvgIpc) is 3.49. The Morgan fingerprint density at radius 1 is 1.12 bits per heavy atom. The van der Waals surface area contributed by atoms with Crippen LogP contribution in [0.15, 0.2) is 36.1 Å². The van der Waals surface area contributed by atoms with Crippen molar-refractivity contribution in [3.63, 3.8) is 0 Å². The predicted molar refractivity (Wildman–Crippen MR) is 161 cm³/mol. The van der Waals surface area contributed by atoms with Crippen molar-refractivity contribution in [2.75, 3.05) is 20.2 Å². The lowest BCUT2D eigenvalue weighted by atomic mass is 9.46. The maximum absolute atomic E-state index is 12.8. The van der Waals surface area contributed by atoms with Crippen LogP contribution in [0.2, 0.25) is 0 Å². The summed E-state index contributed by atoms with van der Waals surface area (Å²) in [6.45, 7) is 5.78. The SMILES string of the molecule is CC.COC(/C=C(\N)c1cnccc1C(F)(F)F)=C(N)N.[B]C1([B])CC(C([B])([B])N2CC3CCCC3C2)CC([B])(O)O1. The minimum Gasteiger partial charge on any atom is -0.493 e. The van der Waals surface area contributed by atoms with Crippen LogP contribution >= 0.6 is 0 Å². The minimum absolute atomic E-state index is 0.0190. The smallest absolute Gasteiger partial charge is 0.417 e. The van der Waals surface area contributed by atoms with Crippen molar-refractivity contribution >= 4 is 44.9 Å². The van der Waals surface area contributed by atoms with Gasteiger partial charge in [0.2, 0.25) is 0 Å². The molecular weight excluding hydrogens is 541 g/mol. The second-order valence-corrected chi connectivity index (χ2v) is 10.8. The zero-order valence-corrected chi connectivity index (χ0v) is 24.4. The Morgan fingerprint density at radius 2 is 1.69 bits per heavy atom. The van der Waals surface area contributed by atoms with Crippen molar-refractivity contribution in [3.8, 4) is 0 Å². The number of ether oxygens (including phenoxy) is 2. The van der Waals surface area contributed by atoms with Crippen LogP contribution in [0.25, 0.3) is 5.70 Å². The van der Waals surface area contributed by atoms with Gasteiger partial charge in [-0.2, -0.15) is 13.2 Å². The Bertz CT molecular complexity index is 1090. The van der Waals surface area contributed by atoms with Gasteiger partial charge in [0.1, 0.15) is 11.5 Å². The molecule has 4 unspecified atom stereocenters. The van der Waals surface area contributed by atoms with Crippen LogP contribution in [0.3, 0.4) is 0 Å². The lowest BCUT2D eigenvalue weighted by Gasteiger charge is -2.54. The van der Waals surface area contributed by atoms with E-state index in [1.54, 1.807) is 0 Å². The number of hydrogen-bond acceptors (Lipinski definition) is 8. The number of nitrogens with two attached hydrogens (primary N) is 3. The monoisotopic (exact) mass is 579 g/mol. The molecule has 1 saturated carbocycles. The third-order valence-corrected chi connectivity index (χ3v) is 7.63. The first-order chi connectivity index (χ1) is 19.4. The lowest BCUT2D eigenvalue weighted by Crippen LogP contribution is -2.63. The third kappa shape index (κ3) is 9.16. The summed E-state index contributed by atoms with van der Waals surface area (Å²) in [4.78, 5) is 5.72. The molecule has 3 heterocycles. The lowest BCUT2D eigenvalue weighted by molar-refractivity contribution is -0.207. The average molecular weight is 579 g/mol. The number of alkyl halides is 3. The number of methoxy groups -OCH3 is 1. The third-order valence-electron chi connectivity index (χ3n) is 7.63. The van der Waals surface area contributed by atoms with E-state index < -0.39 is 28.2 Å². The van der Waals surface area contributed by atoms with Gasteiger partial charge in [-0.25, -0.2) is 0 Å². The number of aliphatic hydroxyl groups is 1. The maximum Gasteiger partial charge on any atom is 0.417 e. The summed E-state index contributed by atoms with van der Waals surface area (Å²) in [6.07, 6.45) is 2.75. The number of rotatable bonds is 5. The zero-order chi connectivity index (χ0) is 32.1. The zero-order valence-electron chi connectivity index (χ0n) is 24.4. The Balaban J connectivity index is 0.000000279. The molecule has 0 spiro atoms. The van der Waals surface area contributed by atoms with Crippen molar-refractivity contribution < 1.29 is 27.8 Å². The van der Waals surface area contributed by atoms with Crippen LogP contribution < -0.4 is 17.2 Å².